The lowest BCUT2D eigenvalue weighted by molar-refractivity contribution is 0.384. The van der Waals surface area contributed by atoms with Crippen LogP contribution < -0.4 is 15.1 Å². The minimum atomic E-state index is -3.08. The maximum absolute atomic E-state index is 12.5. The fraction of sp³-hybridized carbons (Fsp3) is 0.478. The van der Waals surface area contributed by atoms with Gasteiger partial charge in [-0.2, -0.15) is 4.31 Å². The zero-order valence-electron chi connectivity index (χ0n) is 18.6. The second-order valence-corrected chi connectivity index (χ2v) is 12.3. The number of rotatable bonds is 4. The number of anilines is 4. The lowest BCUT2D eigenvalue weighted by atomic mass is 10.1. The van der Waals surface area contributed by atoms with Crippen LogP contribution in [0.5, 0.6) is 0 Å². The summed E-state index contributed by atoms with van der Waals surface area (Å²) in [5.74, 6) is 0. The summed E-state index contributed by atoms with van der Waals surface area (Å²) in [6, 6.07) is 8.94. The Labute approximate surface area is 189 Å². The first kappa shape index (κ1) is 21.0. The van der Waals surface area contributed by atoms with Crippen molar-refractivity contribution < 1.29 is 8.42 Å². The number of nitrogens with zero attached hydrogens (tertiary/aromatic N) is 3. The maximum Gasteiger partial charge on any atom is 0.217 e. The quantitative estimate of drug-likeness (QED) is 0.633. The number of hydrogen-bond donors (Lipinski definition) is 1. The number of sulfonamides is 1. The molecule has 2 heterocycles. The Morgan fingerprint density at radius 3 is 2.16 bits per heavy atom. The zero-order chi connectivity index (χ0) is 21.9. The van der Waals surface area contributed by atoms with Gasteiger partial charge in [-0.1, -0.05) is 11.8 Å². The van der Waals surface area contributed by atoms with E-state index in [2.05, 4.69) is 67.3 Å². The molecule has 8 heteroatoms. The van der Waals surface area contributed by atoms with Crippen LogP contribution in [0.1, 0.15) is 24.0 Å². The molecular formula is C23H30N4O2S2. The molecule has 2 aromatic carbocycles. The monoisotopic (exact) mass is 458 g/mol. The highest BCUT2D eigenvalue weighted by atomic mass is 32.2. The molecule has 6 nitrogen and oxygen atoms in total. The van der Waals surface area contributed by atoms with Gasteiger partial charge in [0, 0.05) is 61.4 Å². The van der Waals surface area contributed by atoms with Gasteiger partial charge in [0.2, 0.25) is 10.0 Å². The van der Waals surface area contributed by atoms with E-state index < -0.39 is 10.0 Å². The molecule has 31 heavy (non-hydrogen) atoms. The fourth-order valence-electron chi connectivity index (χ4n) is 4.42. The highest BCUT2D eigenvalue weighted by molar-refractivity contribution is 7.99. The summed E-state index contributed by atoms with van der Waals surface area (Å²) in [4.78, 5) is 6.93. The van der Waals surface area contributed by atoms with Gasteiger partial charge in [0.05, 0.1) is 16.6 Å². The molecular weight excluding hydrogens is 428 g/mol. The Hall–Kier alpha value is -1.90. The third-order valence-electron chi connectivity index (χ3n) is 6.46. The number of aryl methyl sites for hydroxylation is 2. The van der Waals surface area contributed by atoms with Crippen LogP contribution in [-0.4, -0.2) is 58.2 Å². The van der Waals surface area contributed by atoms with Crippen molar-refractivity contribution in [3.8, 4) is 0 Å². The van der Waals surface area contributed by atoms with E-state index in [1.807, 2.05) is 11.8 Å². The van der Waals surface area contributed by atoms with Crippen molar-refractivity contribution in [1.82, 2.24) is 4.31 Å². The predicted molar refractivity (Wildman–Crippen MR) is 130 cm³/mol. The van der Waals surface area contributed by atoms with Gasteiger partial charge in [-0.3, -0.25) is 0 Å². The maximum atomic E-state index is 12.5. The van der Waals surface area contributed by atoms with E-state index in [9.17, 15) is 8.42 Å². The van der Waals surface area contributed by atoms with E-state index in [1.165, 1.54) is 43.7 Å². The number of benzene rings is 2. The normalized spacial score (nSPS) is 18.9. The SMILES string of the molecule is Cc1cc(N(C)C)cc2c1Nc1c(C)cc(N3CCN(S(=O)(=O)C4CC4)CC3)cc1S2. The molecule has 166 valence electrons. The molecule has 5 rings (SSSR count). The average Bonchev–Trinajstić information content (AvgIpc) is 3.58. The molecule has 0 bridgehead atoms. The lowest BCUT2D eigenvalue weighted by Gasteiger charge is -2.36. The third kappa shape index (κ3) is 3.79. The van der Waals surface area contributed by atoms with Gasteiger partial charge >= 0.3 is 0 Å². The second-order valence-electron chi connectivity index (χ2n) is 9.02. The van der Waals surface area contributed by atoms with Crippen molar-refractivity contribution in [3.63, 3.8) is 0 Å². The van der Waals surface area contributed by atoms with E-state index in [0.29, 0.717) is 13.1 Å². The van der Waals surface area contributed by atoms with Gasteiger partial charge in [0.1, 0.15) is 0 Å². The largest absolute Gasteiger partial charge is 0.378 e. The Balaban J connectivity index is 1.38. The summed E-state index contributed by atoms with van der Waals surface area (Å²) in [6.45, 7) is 6.94. The zero-order valence-corrected chi connectivity index (χ0v) is 20.2. The van der Waals surface area contributed by atoms with Crippen molar-refractivity contribution in [2.24, 2.45) is 0 Å². The molecule has 1 saturated carbocycles. The highest BCUT2D eigenvalue weighted by Crippen LogP contribution is 2.49. The Kier molecular flexibility index (Phi) is 5.14. The van der Waals surface area contributed by atoms with E-state index in [1.54, 1.807) is 4.31 Å². The summed E-state index contributed by atoms with van der Waals surface area (Å²) in [7, 11) is 1.06. The topological polar surface area (TPSA) is 55.9 Å². The van der Waals surface area contributed by atoms with Gasteiger partial charge in [0.25, 0.3) is 0 Å². The van der Waals surface area contributed by atoms with Crippen LogP contribution in [0.4, 0.5) is 22.7 Å². The standard InChI is InChI=1S/C23H30N4O2S2/c1-15-11-17(25(3)4)13-20-22(15)24-23-16(2)12-18(14-21(23)30-20)26-7-9-27(10-8-26)31(28,29)19-5-6-19/h11-14,19,24H,5-10H2,1-4H3. The molecule has 1 N–H and O–H groups in total. The molecule has 0 unspecified atom stereocenters. The first-order valence-electron chi connectivity index (χ1n) is 10.9. The summed E-state index contributed by atoms with van der Waals surface area (Å²) >= 11 is 1.82. The van der Waals surface area contributed by atoms with E-state index in [-0.39, 0.29) is 5.25 Å². The molecule has 1 saturated heterocycles. The van der Waals surface area contributed by atoms with E-state index >= 15 is 0 Å². The third-order valence-corrected chi connectivity index (χ3v) is 9.95. The molecule has 1 aliphatic carbocycles. The van der Waals surface area contributed by atoms with Crippen LogP contribution in [0.3, 0.4) is 0 Å². The number of nitrogens with one attached hydrogen (secondary N) is 1. The van der Waals surface area contributed by atoms with Crippen LogP contribution in [-0.2, 0) is 10.0 Å². The van der Waals surface area contributed by atoms with Gasteiger partial charge in [0.15, 0.2) is 0 Å². The molecule has 2 aliphatic heterocycles. The lowest BCUT2D eigenvalue weighted by Crippen LogP contribution is -2.49. The van der Waals surface area contributed by atoms with Gasteiger partial charge in [-0.05, 0) is 62.1 Å². The van der Waals surface area contributed by atoms with Crippen molar-refractivity contribution >= 4 is 44.5 Å². The predicted octanol–water partition coefficient (Wildman–Crippen LogP) is 4.19. The minimum Gasteiger partial charge on any atom is -0.378 e. The van der Waals surface area contributed by atoms with Crippen LogP contribution in [0.15, 0.2) is 34.1 Å². The van der Waals surface area contributed by atoms with Crippen LogP contribution in [0, 0.1) is 13.8 Å². The van der Waals surface area contributed by atoms with Gasteiger partial charge in [-0.25, -0.2) is 8.42 Å². The Morgan fingerprint density at radius 2 is 1.55 bits per heavy atom. The molecule has 0 aromatic heterocycles. The van der Waals surface area contributed by atoms with Crippen molar-refractivity contribution in [3.05, 3.63) is 35.4 Å². The summed E-state index contributed by atoms with van der Waals surface area (Å²) in [5, 5.41) is 3.55. The number of fused-ring (bicyclic) bond motifs is 2. The molecule has 0 atom stereocenters. The summed E-state index contributed by atoms with van der Waals surface area (Å²) in [6.07, 6.45) is 1.65. The van der Waals surface area contributed by atoms with Gasteiger partial charge in [-0.15, -0.1) is 0 Å². The Morgan fingerprint density at radius 1 is 0.935 bits per heavy atom. The first-order chi connectivity index (χ1) is 14.7. The summed E-state index contributed by atoms with van der Waals surface area (Å²) in [5.41, 5.74) is 7.22. The van der Waals surface area contributed by atoms with Crippen molar-refractivity contribution in [2.75, 3.05) is 55.4 Å². The van der Waals surface area contributed by atoms with Crippen molar-refractivity contribution in [2.45, 2.75) is 41.7 Å². The molecule has 0 amide bonds. The number of hydrogen-bond acceptors (Lipinski definition) is 6. The van der Waals surface area contributed by atoms with Gasteiger partial charge < -0.3 is 15.1 Å². The first-order valence-corrected chi connectivity index (χ1v) is 13.2. The highest BCUT2D eigenvalue weighted by Gasteiger charge is 2.41. The van der Waals surface area contributed by atoms with E-state index in [0.717, 1.165) is 25.9 Å². The van der Waals surface area contributed by atoms with Crippen LogP contribution in [0.25, 0.3) is 0 Å². The van der Waals surface area contributed by atoms with E-state index in [4.69, 9.17) is 0 Å². The van der Waals surface area contributed by atoms with Crippen molar-refractivity contribution in [1.29, 1.82) is 0 Å². The molecule has 3 aliphatic rings. The Bertz CT molecular complexity index is 1130. The van der Waals surface area contributed by atoms with Crippen LogP contribution in [0.2, 0.25) is 0 Å². The summed E-state index contributed by atoms with van der Waals surface area (Å²) < 4.78 is 26.8. The second kappa shape index (κ2) is 7.60. The molecule has 2 aromatic rings. The average molecular weight is 459 g/mol. The smallest absolute Gasteiger partial charge is 0.217 e. The number of piperazine rings is 1. The molecule has 0 spiro atoms. The molecule has 0 radical (unpaired) electrons. The molecule has 2 fully saturated rings. The minimum absolute atomic E-state index is 0.122. The van der Waals surface area contributed by atoms with Crippen LogP contribution >= 0.6 is 11.8 Å². The fourth-order valence-corrected chi connectivity index (χ4v) is 7.47.